The van der Waals surface area contributed by atoms with Crippen molar-refractivity contribution in [3.8, 4) is 0 Å². The maximum atomic E-state index is 4.48. The Labute approximate surface area is 111 Å². The highest BCUT2D eigenvalue weighted by molar-refractivity contribution is 5.45. The highest BCUT2D eigenvalue weighted by Gasteiger charge is 2.16. The van der Waals surface area contributed by atoms with Gasteiger partial charge in [-0.15, -0.1) is 0 Å². The zero-order chi connectivity index (χ0) is 12.9. The molecule has 6 nitrogen and oxygen atoms in total. The number of rotatable bonds is 3. The SMILES string of the molecule is c1cnc(Nc2cnc(C3CCCNC3)cn2)nc1. The lowest BCUT2D eigenvalue weighted by Gasteiger charge is -2.21. The quantitative estimate of drug-likeness (QED) is 0.866. The van der Waals surface area contributed by atoms with E-state index in [2.05, 4.69) is 30.6 Å². The van der Waals surface area contributed by atoms with Gasteiger partial charge in [0.25, 0.3) is 0 Å². The van der Waals surface area contributed by atoms with Crippen molar-refractivity contribution in [2.45, 2.75) is 18.8 Å². The van der Waals surface area contributed by atoms with E-state index < -0.39 is 0 Å². The van der Waals surface area contributed by atoms with Crippen LogP contribution in [-0.4, -0.2) is 33.0 Å². The first-order valence-electron chi connectivity index (χ1n) is 6.48. The molecule has 0 bridgehead atoms. The predicted molar refractivity (Wildman–Crippen MR) is 72.2 cm³/mol. The highest BCUT2D eigenvalue weighted by atomic mass is 15.1. The fourth-order valence-electron chi connectivity index (χ4n) is 2.20. The molecule has 0 radical (unpaired) electrons. The van der Waals surface area contributed by atoms with Crippen LogP contribution in [0.1, 0.15) is 24.5 Å². The van der Waals surface area contributed by atoms with Crippen molar-refractivity contribution >= 4 is 11.8 Å². The molecule has 1 unspecified atom stereocenters. The van der Waals surface area contributed by atoms with Crippen LogP contribution in [0.2, 0.25) is 0 Å². The Kier molecular flexibility index (Phi) is 3.60. The van der Waals surface area contributed by atoms with Gasteiger partial charge < -0.3 is 10.6 Å². The lowest BCUT2D eigenvalue weighted by molar-refractivity contribution is 0.454. The van der Waals surface area contributed by atoms with Gasteiger partial charge in [-0.1, -0.05) is 0 Å². The summed E-state index contributed by atoms with van der Waals surface area (Å²) in [4.78, 5) is 17.0. The molecule has 19 heavy (non-hydrogen) atoms. The van der Waals surface area contributed by atoms with Gasteiger partial charge in [0, 0.05) is 24.9 Å². The van der Waals surface area contributed by atoms with Crippen LogP contribution in [0.3, 0.4) is 0 Å². The smallest absolute Gasteiger partial charge is 0.228 e. The van der Waals surface area contributed by atoms with Crippen molar-refractivity contribution in [3.63, 3.8) is 0 Å². The lowest BCUT2D eigenvalue weighted by Crippen LogP contribution is -2.28. The average molecular weight is 256 g/mol. The molecule has 2 N–H and O–H groups in total. The van der Waals surface area contributed by atoms with Gasteiger partial charge in [0.05, 0.1) is 18.1 Å². The van der Waals surface area contributed by atoms with Gasteiger partial charge in [0.15, 0.2) is 5.82 Å². The molecule has 2 aromatic heterocycles. The van der Waals surface area contributed by atoms with Crippen molar-refractivity contribution in [2.24, 2.45) is 0 Å². The van der Waals surface area contributed by atoms with Crippen molar-refractivity contribution in [3.05, 3.63) is 36.5 Å². The second-order valence-electron chi connectivity index (χ2n) is 4.57. The van der Waals surface area contributed by atoms with E-state index in [9.17, 15) is 0 Å². The summed E-state index contributed by atoms with van der Waals surface area (Å²) in [7, 11) is 0. The third-order valence-corrected chi connectivity index (χ3v) is 3.19. The number of nitrogens with one attached hydrogen (secondary N) is 2. The van der Waals surface area contributed by atoms with Crippen molar-refractivity contribution < 1.29 is 0 Å². The molecule has 0 aromatic carbocycles. The van der Waals surface area contributed by atoms with E-state index in [4.69, 9.17) is 0 Å². The Balaban J connectivity index is 1.68. The molecule has 3 rings (SSSR count). The molecule has 0 saturated carbocycles. The minimum Gasteiger partial charge on any atom is -0.316 e. The zero-order valence-corrected chi connectivity index (χ0v) is 10.6. The second kappa shape index (κ2) is 5.71. The number of hydrogen-bond acceptors (Lipinski definition) is 6. The van der Waals surface area contributed by atoms with Gasteiger partial charge in [0.1, 0.15) is 0 Å². The largest absolute Gasteiger partial charge is 0.316 e. The molecule has 2 aromatic rings. The minimum absolute atomic E-state index is 0.475. The first-order valence-corrected chi connectivity index (χ1v) is 6.48. The second-order valence-corrected chi connectivity index (χ2v) is 4.57. The van der Waals surface area contributed by atoms with Crippen LogP contribution in [0.5, 0.6) is 0 Å². The normalized spacial score (nSPS) is 19.1. The molecule has 3 heterocycles. The molecule has 1 atom stereocenters. The van der Waals surface area contributed by atoms with Crippen molar-refractivity contribution in [1.29, 1.82) is 0 Å². The molecule has 1 saturated heterocycles. The van der Waals surface area contributed by atoms with Gasteiger partial charge in [-0.05, 0) is 25.5 Å². The summed E-state index contributed by atoms with van der Waals surface area (Å²) in [5.41, 5.74) is 1.05. The fourth-order valence-corrected chi connectivity index (χ4v) is 2.20. The molecule has 98 valence electrons. The molecule has 0 amide bonds. The van der Waals surface area contributed by atoms with E-state index in [1.807, 2.05) is 6.20 Å². The lowest BCUT2D eigenvalue weighted by atomic mass is 9.97. The van der Waals surface area contributed by atoms with Crippen molar-refractivity contribution in [1.82, 2.24) is 25.3 Å². The molecular formula is C13H16N6. The monoisotopic (exact) mass is 256 g/mol. The first-order chi connectivity index (χ1) is 9.42. The summed E-state index contributed by atoms with van der Waals surface area (Å²) in [5, 5.41) is 6.41. The van der Waals surface area contributed by atoms with E-state index in [1.165, 1.54) is 12.8 Å². The fraction of sp³-hybridized carbons (Fsp3) is 0.385. The van der Waals surface area contributed by atoms with E-state index in [0.29, 0.717) is 17.7 Å². The van der Waals surface area contributed by atoms with Crippen LogP contribution >= 0.6 is 0 Å². The summed E-state index contributed by atoms with van der Waals surface area (Å²) in [6, 6.07) is 1.77. The number of piperidine rings is 1. The topological polar surface area (TPSA) is 75.6 Å². The molecule has 0 aliphatic carbocycles. The van der Waals surface area contributed by atoms with Gasteiger partial charge in [-0.25, -0.2) is 15.0 Å². The number of anilines is 2. The van der Waals surface area contributed by atoms with Crippen molar-refractivity contribution in [2.75, 3.05) is 18.4 Å². The van der Waals surface area contributed by atoms with Gasteiger partial charge in [-0.2, -0.15) is 0 Å². The third kappa shape index (κ3) is 3.03. The van der Waals surface area contributed by atoms with E-state index in [-0.39, 0.29) is 0 Å². The van der Waals surface area contributed by atoms with E-state index in [1.54, 1.807) is 24.7 Å². The highest BCUT2D eigenvalue weighted by Crippen LogP contribution is 2.21. The third-order valence-electron chi connectivity index (χ3n) is 3.19. The van der Waals surface area contributed by atoms with Crippen LogP contribution in [-0.2, 0) is 0 Å². The molecular weight excluding hydrogens is 240 g/mol. The minimum atomic E-state index is 0.475. The molecule has 0 spiro atoms. The van der Waals surface area contributed by atoms with E-state index in [0.717, 1.165) is 18.8 Å². The van der Waals surface area contributed by atoms with Gasteiger partial charge in [-0.3, -0.25) is 4.98 Å². The average Bonchev–Trinajstić information content (AvgIpc) is 2.50. The molecule has 1 fully saturated rings. The van der Waals surface area contributed by atoms with Crippen LogP contribution < -0.4 is 10.6 Å². The van der Waals surface area contributed by atoms with Crippen LogP contribution in [0.25, 0.3) is 0 Å². The van der Waals surface area contributed by atoms with Crippen LogP contribution in [0, 0.1) is 0 Å². The van der Waals surface area contributed by atoms with Gasteiger partial charge in [0.2, 0.25) is 5.95 Å². The summed E-state index contributed by atoms with van der Waals surface area (Å²) < 4.78 is 0. The summed E-state index contributed by atoms with van der Waals surface area (Å²) >= 11 is 0. The van der Waals surface area contributed by atoms with E-state index >= 15 is 0 Å². The maximum absolute atomic E-state index is 4.48. The zero-order valence-electron chi connectivity index (χ0n) is 10.6. The number of hydrogen-bond donors (Lipinski definition) is 2. The van der Waals surface area contributed by atoms with Gasteiger partial charge >= 0.3 is 0 Å². The Morgan fingerprint density at radius 1 is 1.11 bits per heavy atom. The Morgan fingerprint density at radius 2 is 2.00 bits per heavy atom. The maximum Gasteiger partial charge on any atom is 0.228 e. The Hall–Kier alpha value is -2.08. The molecule has 1 aliphatic heterocycles. The summed E-state index contributed by atoms with van der Waals surface area (Å²) in [5.74, 6) is 1.67. The standard InChI is InChI=1S/C13H16N6/c1-3-10(7-14-4-1)11-8-18-12(9-17-11)19-13-15-5-2-6-16-13/h2,5-6,8-10,14H,1,3-4,7H2,(H,15,16,18,19). The number of aromatic nitrogens is 4. The molecule has 6 heteroatoms. The summed E-state index contributed by atoms with van der Waals surface area (Å²) in [6.07, 6.45) is 9.32. The molecule has 1 aliphatic rings. The predicted octanol–water partition coefficient (Wildman–Crippen LogP) is 1.48. The van der Waals surface area contributed by atoms with Crippen LogP contribution in [0.15, 0.2) is 30.9 Å². The Morgan fingerprint density at radius 3 is 2.68 bits per heavy atom. The van der Waals surface area contributed by atoms with Crippen LogP contribution in [0.4, 0.5) is 11.8 Å². The Bertz CT molecular complexity index is 506. The summed E-state index contributed by atoms with van der Waals surface area (Å²) in [6.45, 7) is 2.10. The first kappa shape index (κ1) is 12.0. The number of nitrogens with zero attached hydrogens (tertiary/aromatic N) is 4.